The molecule has 0 spiro atoms. The van der Waals surface area contributed by atoms with Crippen molar-refractivity contribution in [2.24, 2.45) is 5.16 Å². The molecular formula is C22H21FN4O2. The van der Waals surface area contributed by atoms with Crippen LogP contribution in [0, 0.1) is 5.82 Å². The minimum atomic E-state index is -0.676. The van der Waals surface area contributed by atoms with E-state index in [1.54, 1.807) is 16.9 Å². The monoisotopic (exact) mass is 392 g/mol. The zero-order valence-corrected chi connectivity index (χ0v) is 16.0. The fourth-order valence-corrected chi connectivity index (χ4v) is 3.23. The van der Waals surface area contributed by atoms with Gasteiger partial charge in [0.05, 0.1) is 23.6 Å². The largest absolute Gasteiger partial charge is 0.382 e. The van der Waals surface area contributed by atoms with Crippen molar-refractivity contribution in [3.8, 4) is 5.69 Å². The summed E-state index contributed by atoms with van der Waals surface area (Å²) in [4.78, 5) is 17.9. The molecule has 0 radical (unpaired) electrons. The van der Waals surface area contributed by atoms with Crippen LogP contribution in [0.4, 0.5) is 4.39 Å². The maximum atomic E-state index is 13.3. The highest BCUT2D eigenvalue weighted by Crippen LogP contribution is 2.18. The standard InChI is InChI=1S/C22H21FN4O2/c1-15(17-13-24-27(14-17)20-8-3-2-4-9-20)25-22(28)21-12-19(26-29-21)11-16-6-5-7-18(23)10-16/h2-10,13-15,21H,11-12H2,1H3,(H,25,28)/t15-,21+/m0/s1. The summed E-state index contributed by atoms with van der Waals surface area (Å²) in [6, 6.07) is 15.9. The molecule has 0 bridgehead atoms. The van der Waals surface area contributed by atoms with E-state index in [0.29, 0.717) is 12.8 Å². The van der Waals surface area contributed by atoms with Crippen molar-refractivity contribution in [1.82, 2.24) is 15.1 Å². The number of amides is 1. The molecule has 0 unspecified atom stereocenters. The zero-order valence-electron chi connectivity index (χ0n) is 16.0. The van der Waals surface area contributed by atoms with Crippen molar-refractivity contribution >= 4 is 11.6 Å². The van der Waals surface area contributed by atoms with E-state index in [0.717, 1.165) is 22.5 Å². The molecule has 29 heavy (non-hydrogen) atoms. The van der Waals surface area contributed by atoms with Gasteiger partial charge in [0, 0.05) is 24.6 Å². The van der Waals surface area contributed by atoms with Gasteiger partial charge in [-0.05, 0) is 36.8 Å². The number of carbonyl (C=O) groups excluding carboxylic acids is 1. The second-order valence-electron chi connectivity index (χ2n) is 7.05. The van der Waals surface area contributed by atoms with E-state index in [1.807, 2.05) is 49.5 Å². The van der Waals surface area contributed by atoms with Crippen LogP contribution in [0.25, 0.3) is 5.69 Å². The van der Waals surface area contributed by atoms with Gasteiger partial charge in [-0.3, -0.25) is 4.79 Å². The zero-order chi connectivity index (χ0) is 20.2. The molecule has 3 aromatic rings. The summed E-state index contributed by atoms with van der Waals surface area (Å²) in [5.41, 5.74) is 3.36. The number of rotatable bonds is 6. The first-order valence-corrected chi connectivity index (χ1v) is 9.45. The summed E-state index contributed by atoms with van der Waals surface area (Å²) in [5.74, 6) is -0.524. The first-order chi connectivity index (χ1) is 14.1. The van der Waals surface area contributed by atoms with Crippen LogP contribution in [-0.2, 0) is 16.1 Å². The summed E-state index contributed by atoms with van der Waals surface area (Å²) in [6.07, 6.45) is 3.80. The Morgan fingerprint density at radius 3 is 2.90 bits per heavy atom. The number of halogens is 1. The van der Waals surface area contributed by atoms with Gasteiger partial charge in [0.15, 0.2) is 0 Å². The molecule has 1 amide bonds. The Morgan fingerprint density at radius 1 is 1.28 bits per heavy atom. The lowest BCUT2D eigenvalue weighted by atomic mass is 10.0. The molecule has 6 nitrogen and oxygen atoms in total. The minimum absolute atomic E-state index is 0.226. The third-order valence-electron chi connectivity index (χ3n) is 4.80. The molecule has 1 aliphatic rings. The van der Waals surface area contributed by atoms with E-state index in [9.17, 15) is 9.18 Å². The maximum Gasteiger partial charge on any atom is 0.264 e. The number of nitrogens with zero attached hydrogens (tertiary/aromatic N) is 3. The normalized spacial score (nSPS) is 16.8. The van der Waals surface area contributed by atoms with Crippen LogP contribution in [0.15, 0.2) is 72.1 Å². The van der Waals surface area contributed by atoms with Gasteiger partial charge in [0.25, 0.3) is 5.91 Å². The molecule has 148 valence electrons. The Kier molecular flexibility index (Phi) is 5.37. The van der Waals surface area contributed by atoms with Crippen LogP contribution in [0.1, 0.15) is 30.5 Å². The summed E-state index contributed by atoms with van der Waals surface area (Å²) in [5, 5.41) is 11.3. The molecular weight excluding hydrogens is 371 g/mol. The highest BCUT2D eigenvalue weighted by atomic mass is 19.1. The van der Waals surface area contributed by atoms with Crippen LogP contribution < -0.4 is 5.32 Å². The second-order valence-corrected chi connectivity index (χ2v) is 7.05. The van der Waals surface area contributed by atoms with Crippen molar-refractivity contribution in [3.05, 3.63) is 83.9 Å². The quantitative estimate of drug-likeness (QED) is 0.697. The molecule has 0 saturated carbocycles. The van der Waals surface area contributed by atoms with E-state index >= 15 is 0 Å². The fraction of sp³-hybridized carbons (Fsp3) is 0.227. The molecule has 1 N–H and O–H groups in total. The molecule has 2 heterocycles. The molecule has 2 aromatic carbocycles. The molecule has 0 aliphatic carbocycles. The lowest BCUT2D eigenvalue weighted by molar-refractivity contribution is -0.131. The van der Waals surface area contributed by atoms with Gasteiger partial charge in [-0.1, -0.05) is 35.5 Å². The number of oxime groups is 1. The predicted octanol–water partition coefficient (Wildman–Crippen LogP) is 3.58. The first kappa shape index (κ1) is 18.9. The molecule has 1 aliphatic heterocycles. The second kappa shape index (κ2) is 8.26. The average Bonchev–Trinajstić information content (AvgIpc) is 3.39. The Morgan fingerprint density at radius 2 is 2.10 bits per heavy atom. The highest BCUT2D eigenvalue weighted by molar-refractivity contribution is 5.94. The maximum absolute atomic E-state index is 13.3. The van der Waals surface area contributed by atoms with Crippen LogP contribution in [0.3, 0.4) is 0 Å². The average molecular weight is 392 g/mol. The number of benzene rings is 2. The van der Waals surface area contributed by atoms with Gasteiger partial charge < -0.3 is 10.2 Å². The third-order valence-corrected chi connectivity index (χ3v) is 4.80. The van der Waals surface area contributed by atoms with Crippen molar-refractivity contribution in [1.29, 1.82) is 0 Å². The number of hydrogen-bond donors (Lipinski definition) is 1. The SMILES string of the molecule is C[C@H](NC(=O)[C@H]1CC(Cc2cccc(F)c2)=NO1)c1cnn(-c2ccccc2)c1. The number of nitrogens with one attached hydrogen (secondary N) is 1. The number of para-hydroxylation sites is 1. The molecule has 4 rings (SSSR count). The van der Waals surface area contributed by atoms with Crippen molar-refractivity contribution in [2.75, 3.05) is 0 Å². The Hall–Kier alpha value is -3.48. The van der Waals surface area contributed by atoms with E-state index < -0.39 is 6.10 Å². The van der Waals surface area contributed by atoms with Gasteiger partial charge in [0.1, 0.15) is 5.82 Å². The molecule has 0 fully saturated rings. The van der Waals surface area contributed by atoms with Gasteiger partial charge in [0.2, 0.25) is 6.10 Å². The summed E-state index contributed by atoms with van der Waals surface area (Å²) >= 11 is 0. The Labute approximate surface area is 168 Å². The van der Waals surface area contributed by atoms with Crippen molar-refractivity contribution < 1.29 is 14.0 Å². The van der Waals surface area contributed by atoms with E-state index in [2.05, 4.69) is 15.6 Å². The van der Waals surface area contributed by atoms with Crippen molar-refractivity contribution in [3.63, 3.8) is 0 Å². The molecule has 2 atom stereocenters. The van der Waals surface area contributed by atoms with Crippen LogP contribution in [-0.4, -0.2) is 27.5 Å². The molecule has 0 saturated heterocycles. The van der Waals surface area contributed by atoms with Gasteiger partial charge >= 0.3 is 0 Å². The third kappa shape index (κ3) is 4.51. The van der Waals surface area contributed by atoms with Gasteiger partial charge in [-0.2, -0.15) is 5.10 Å². The minimum Gasteiger partial charge on any atom is -0.382 e. The number of carbonyl (C=O) groups is 1. The fourth-order valence-electron chi connectivity index (χ4n) is 3.23. The van der Waals surface area contributed by atoms with Gasteiger partial charge in [-0.25, -0.2) is 9.07 Å². The van der Waals surface area contributed by atoms with Crippen LogP contribution in [0.5, 0.6) is 0 Å². The lowest BCUT2D eigenvalue weighted by Gasteiger charge is -2.14. The smallest absolute Gasteiger partial charge is 0.264 e. The summed E-state index contributed by atoms with van der Waals surface area (Å²) in [6.45, 7) is 1.90. The predicted molar refractivity (Wildman–Crippen MR) is 107 cm³/mol. The van der Waals surface area contributed by atoms with Crippen molar-refractivity contribution in [2.45, 2.75) is 31.9 Å². The summed E-state index contributed by atoms with van der Waals surface area (Å²) < 4.78 is 15.1. The van der Waals surface area contributed by atoms with Gasteiger partial charge in [-0.15, -0.1) is 0 Å². The lowest BCUT2D eigenvalue weighted by Crippen LogP contribution is -2.36. The Bertz CT molecular complexity index is 1030. The topological polar surface area (TPSA) is 68.5 Å². The number of hydrogen-bond acceptors (Lipinski definition) is 4. The number of aromatic nitrogens is 2. The Balaban J connectivity index is 1.32. The van der Waals surface area contributed by atoms with E-state index in [-0.39, 0.29) is 17.8 Å². The highest BCUT2D eigenvalue weighted by Gasteiger charge is 2.29. The molecule has 1 aromatic heterocycles. The molecule has 7 heteroatoms. The van der Waals surface area contributed by atoms with Crippen LogP contribution >= 0.6 is 0 Å². The first-order valence-electron chi connectivity index (χ1n) is 9.45. The van der Waals surface area contributed by atoms with E-state index in [1.165, 1.54) is 12.1 Å². The summed E-state index contributed by atoms with van der Waals surface area (Å²) in [7, 11) is 0. The van der Waals surface area contributed by atoms with E-state index in [4.69, 9.17) is 4.84 Å². The van der Waals surface area contributed by atoms with Crippen LogP contribution in [0.2, 0.25) is 0 Å².